The number of hydrogen-bond donors (Lipinski definition) is 5. The van der Waals surface area contributed by atoms with Crippen LogP contribution in [0.25, 0.3) is 0 Å². The lowest BCUT2D eigenvalue weighted by Crippen LogP contribution is -2.16. The summed E-state index contributed by atoms with van der Waals surface area (Å²) in [7, 11) is -3.03. The minimum Gasteiger partial charge on any atom is -0.388 e. The second-order valence-corrected chi connectivity index (χ2v) is 10.5. The Balaban J connectivity index is 1.37. The monoisotopic (exact) mass is 586 g/mol. The molecule has 0 spiro atoms. The third-order valence-electron chi connectivity index (χ3n) is 6.16. The van der Waals surface area contributed by atoms with Gasteiger partial charge in [0.15, 0.2) is 5.78 Å². The topological polar surface area (TPSA) is 171 Å². The number of benzene rings is 4. The van der Waals surface area contributed by atoms with Crippen LogP contribution in [0.3, 0.4) is 0 Å². The van der Waals surface area contributed by atoms with E-state index in [4.69, 9.17) is 0 Å². The molecule has 4 aromatic carbocycles. The number of anilines is 4. The maximum absolute atomic E-state index is 12.7. The molecule has 42 heavy (non-hydrogen) atoms. The van der Waals surface area contributed by atoms with Gasteiger partial charge in [-0.3, -0.25) is 23.7 Å². The van der Waals surface area contributed by atoms with E-state index in [9.17, 15) is 32.1 Å². The van der Waals surface area contributed by atoms with Crippen molar-refractivity contribution >= 4 is 56.4 Å². The average molecular weight is 587 g/mol. The van der Waals surface area contributed by atoms with Crippen molar-refractivity contribution in [3.63, 3.8) is 0 Å². The Morgan fingerprint density at radius 1 is 0.571 bits per heavy atom. The highest BCUT2D eigenvalue weighted by atomic mass is 32.2. The minimum atomic E-state index is -4.61. The number of Topliss-reactive ketones (excluding diaryl/α,β-unsaturated/α-hetero) is 1. The molecule has 5 N–H and O–H groups in total. The molecule has 0 bridgehead atoms. The highest BCUT2D eigenvalue weighted by Crippen LogP contribution is 2.26. The van der Waals surface area contributed by atoms with E-state index < -0.39 is 26.8 Å². The van der Waals surface area contributed by atoms with Crippen molar-refractivity contribution < 1.29 is 32.1 Å². The van der Waals surface area contributed by atoms with E-state index in [0.29, 0.717) is 28.2 Å². The number of hydrogen-bond acceptors (Lipinski definition) is 7. The Kier molecular flexibility index (Phi) is 8.79. The minimum absolute atomic E-state index is 0.0931. The third-order valence-corrected chi connectivity index (χ3v) is 7.05. The number of carbonyl (C=O) groups excluding carboxylic acids is 4. The fourth-order valence-corrected chi connectivity index (χ4v) is 4.53. The number of carbonyl (C=O) groups is 4. The van der Waals surface area contributed by atoms with E-state index >= 15 is 0 Å². The van der Waals surface area contributed by atoms with Crippen LogP contribution in [0.2, 0.25) is 0 Å². The summed E-state index contributed by atoms with van der Waals surface area (Å²) >= 11 is 0. The van der Waals surface area contributed by atoms with Crippen LogP contribution < -0.4 is 21.3 Å². The Morgan fingerprint density at radius 2 is 0.952 bits per heavy atom. The summed E-state index contributed by atoms with van der Waals surface area (Å²) in [5, 5.41) is 10.7. The van der Waals surface area contributed by atoms with Gasteiger partial charge in [0.25, 0.3) is 27.8 Å². The molecule has 0 fully saturated rings. The average Bonchev–Trinajstić information content (AvgIpc) is 2.97. The quantitative estimate of drug-likeness (QED) is 0.136. The number of nitrogens with one attached hydrogen (secondary N) is 4. The Hall–Kier alpha value is -5.33. The molecule has 0 heterocycles. The molecule has 0 radical (unpaired) electrons. The first kappa shape index (κ1) is 29.6. The molecule has 0 aromatic heterocycles. The van der Waals surface area contributed by atoms with Crippen molar-refractivity contribution in [2.45, 2.75) is 11.8 Å². The van der Waals surface area contributed by atoms with Crippen LogP contribution in [0.4, 0.5) is 22.7 Å². The van der Waals surface area contributed by atoms with Gasteiger partial charge in [0.05, 0.1) is 5.69 Å². The second-order valence-electron chi connectivity index (χ2n) is 9.09. The van der Waals surface area contributed by atoms with E-state index in [-0.39, 0.29) is 28.5 Å². The van der Waals surface area contributed by atoms with Crippen LogP contribution in [-0.4, -0.2) is 43.5 Å². The molecule has 0 aliphatic carbocycles. The van der Waals surface area contributed by atoms with Gasteiger partial charge in [0, 0.05) is 46.4 Å². The Bertz CT molecular complexity index is 1770. The van der Waals surface area contributed by atoms with Crippen molar-refractivity contribution in [3.05, 3.63) is 113 Å². The van der Waals surface area contributed by atoms with E-state index in [1.165, 1.54) is 49.4 Å². The molecule has 0 aliphatic rings. The number of rotatable bonds is 9. The van der Waals surface area contributed by atoms with Gasteiger partial charge < -0.3 is 21.3 Å². The van der Waals surface area contributed by atoms with Crippen molar-refractivity contribution in [2.75, 3.05) is 28.3 Å². The molecule has 214 valence electrons. The largest absolute Gasteiger partial charge is 0.388 e. The zero-order chi connectivity index (χ0) is 30.4. The number of amides is 3. The van der Waals surface area contributed by atoms with Gasteiger partial charge in [0.2, 0.25) is 0 Å². The van der Waals surface area contributed by atoms with Gasteiger partial charge in [-0.1, -0.05) is 12.1 Å². The summed E-state index contributed by atoms with van der Waals surface area (Å²) in [5.41, 5.74) is 2.60. The summed E-state index contributed by atoms with van der Waals surface area (Å²) in [5.74, 6) is -1.53. The molecule has 4 rings (SSSR count). The van der Waals surface area contributed by atoms with E-state index in [1.54, 1.807) is 55.6 Å². The van der Waals surface area contributed by atoms with Gasteiger partial charge in [-0.25, -0.2) is 0 Å². The molecule has 0 atom stereocenters. The fraction of sp³-hybridized carbons (Fsp3) is 0.0667. The van der Waals surface area contributed by atoms with Crippen molar-refractivity contribution in [1.82, 2.24) is 0 Å². The van der Waals surface area contributed by atoms with Crippen molar-refractivity contribution in [3.8, 4) is 0 Å². The van der Waals surface area contributed by atoms with Crippen LogP contribution in [0, 0.1) is 0 Å². The van der Waals surface area contributed by atoms with Crippen LogP contribution in [0.15, 0.2) is 95.9 Å². The van der Waals surface area contributed by atoms with Crippen molar-refractivity contribution in [1.29, 1.82) is 0 Å². The van der Waals surface area contributed by atoms with Gasteiger partial charge >= 0.3 is 0 Å². The molecular formula is C30H26N4O7S. The Morgan fingerprint density at radius 3 is 1.33 bits per heavy atom. The highest BCUT2D eigenvalue weighted by molar-refractivity contribution is 7.86. The first-order valence-electron chi connectivity index (χ1n) is 12.5. The normalized spacial score (nSPS) is 10.8. The zero-order valence-electron chi connectivity index (χ0n) is 22.5. The highest BCUT2D eigenvalue weighted by Gasteiger charge is 2.19. The van der Waals surface area contributed by atoms with Crippen LogP contribution in [-0.2, 0) is 10.1 Å². The van der Waals surface area contributed by atoms with E-state index in [2.05, 4.69) is 21.3 Å². The standard InChI is InChI=1S/C30H26N4O7S/c1-18(35)19-3-5-20(6-4-19)28(36)32-23-11-13-24(14-12-23)33-29(37)21-7-9-22(10-8-21)30(38)34-26-16-15-25(31-2)17-27(26)42(39,40)41/h3-17,31H,1-2H3,(H,32,36)(H,33,37)(H,34,38)(H,39,40,41). The van der Waals surface area contributed by atoms with Gasteiger partial charge in [-0.15, -0.1) is 0 Å². The van der Waals surface area contributed by atoms with Crippen LogP contribution >= 0.6 is 0 Å². The predicted octanol–water partition coefficient (Wildman–Crippen LogP) is 4.93. The summed E-state index contributed by atoms with van der Waals surface area (Å²) in [6.45, 7) is 1.45. The molecule has 11 nitrogen and oxygen atoms in total. The van der Waals surface area contributed by atoms with Gasteiger partial charge in [0.1, 0.15) is 4.90 Å². The maximum Gasteiger partial charge on any atom is 0.296 e. The smallest absolute Gasteiger partial charge is 0.296 e. The lowest BCUT2D eigenvalue weighted by molar-refractivity contribution is 0.100. The summed E-state index contributed by atoms with van der Waals surface area (Å²) in [6, 6.07) is 22.5. The SMILES string of the molecule is CNc1ccc(NC(=O)c2ccc(C(=O)Nc3ccc(NC(=O)c4ccc(C(C)=O)cc4)cc3)cc2)c(S(=O)(=O)O)c1. The Labute approximate surface area is 241 Å². The molecule has 0 saturated heterocycles. The van der Waals surface area contributed by atoms with Crippen LogP contribution in [0.1, 0.15) is 48.4 Å². The van der Waals surface area contributed by atoms with Crippen molar-refractivity contribution in [2.24, 2.45) is 0 Å². The maximum atomic E-state index is 12.7. The summed E-state index contributed by atoms with van der Waals surface area (Å²) < 4.78 is 33.1. The molecular weight excluding hydrogens is 560 g/mol. The summed E-state index contributed by atoms with van der Waals surface area (Å²) in [4.78, 5) is 48.8. The van der Waals surface area contributed by atoms with E-state index in [1.807, 2.05) is 0 Å². The van der Waals surface area contributed by atoms with Crippen LogP contribution in [0.5, 0.6) is 0 Å². The first-order valence-corrected chi connectivity index (χ1v) is 13.9. The molecule has 0 saturated carbocycles. The lowest BCUT2D eigenvalue weighted by atomic mass is 10.1. The molecule has 3 amide bonds. The van der Waals surface area contributed by atoms with E-state index in [0.717, 1.165) is 0 Å². The lowest BCUT2D eigenvalue weighted by Gasteiger charge is -2.12. The zero-order valence-corrected chi connectivity index (χ0v) is 23.3. The summed E-state index contributed by atoms with van der Waals surface area (Å²) in [6.07, 6.45) is 0. The number of ketones is 1. The molecule has 0 unspecified atom stereocenters. The first-order chi connectivity index (χ1) is 19.9. The van der Waals surface area contributed by atoms with Gasteiger partial charge in [-0.2, -0.15) is 8.42 Å². The molecule has 4 aromatic rings. The third kappa shape index (κ3) is 7.24. The molecule has 0 aliphatic heterocycles. The van der Waals surface area contributed by atoms with Gasteiger partial charge in [-0.05, 0) is 85.8 Å². The predicted molar refractivity (Wildman–Crippen MR) is 159 cm³/mol. The fourth-order valence-electron chi connectivity index (χ4n) is 3.86. The molecule has 12 heteroatoms. The second kappa shape index (κ2) is 12.5.